The van der Waals surface area contributed by atoms with Crippen LogP contribution in [0.25, 0.3) is 0 Å². The van der Waals surface area contributed by atoms with Crippen LogP contribution in [-0.2, 0) is 4.74 Å². The fourth-order valence-electron chi connectivity index (χ4n) is 2.62. The van der Waals surface area contributed by atoms with Crippen LogP contribution in [0.5, 0.6) is 0 Å². The van der Waals surface area contributed by atoms with E-state index in [2.05, 4.69) is 6.92 Å². The van der Waals surface area contributed by atoms with Crippen LogP contribution in [-0.4, -0.2) is 28.7 Å². The largest absolute Gasteiger partial charge is 0.393 e. The molecule has 0 bridgehead atoms. The number of hydrogen-bond acceptors (Lipinski definition) is 3. The molecule has 0 radical (unpaired) electrons. The summed E-state index contributed by atoms with van der Waals surface area (Å²) < 4.78 is 5.39. The smallest absolute Gasteiger partial charge is 0.162 e. The quantitative estimate of drug-likeness (QED) is 0.738. The maximum absolute atomic E-state index is 9.79. The van der Waals surface area contributed by atoms with Crippen molar-refractivity contribution in [1.29, 1.82) is 0 Å². The molecule has 1 heterocycles. The van der Waals surface area contributed by atoms with Crippen molar-refractivity contribution in [3.8, 4) is 0 Å². The van der Waals surface area contributed by atoms with Crippen LogP contribution in [0.15, 0.2) is 0 Å². The predicted molar refractivity (Wildman–Crippen MR) is 59.4 cm³/mol. The molecule has 1 aliphatic heterocycles. The van der Waals surface area contributed by atoms with Gasteiger partial charge in [0.2, 0.25) is 0 Å². The van der Waals surface area contributed by atoms with Gasteiger partial charge in [-0.3, -0.25) is 0 Å². The molecule has 0 amide bonds. The van der Waals surface area contributed by atoms with E-state index in [9.17, 15) is 10.2 Å². The van der Waals surface area contributed by atoms with E-state index >= 15 is 0 Å². The standard InChI is InChI=1S/C12H24O3/c1-5-7-12(4)10(15-11(12)14)8(3)9(13)6-2/h8-11,13-14H,5-7H2,1-4H3. The van der Waals surface area contributed by atoms with Gasteiger partial charge >= 0.3 is 0 Å². The molecular weight excluding hydrogens is 192 g/mol. The van der Waals surface area contributed by atoms with Gasteiger partial charge in [-0.05, 0) is 12.8 Å². The molecule has 0 aromatic rings. The van der Waals surface area contributed by atoms with E-state index in [1.807, 2.05) is 20.8 Å². The lowest BCUT2D eigenvalue weighted by Gasteiger charge is -2.54. The Morgan fingerprint density at radius 1 is 1.40 bits per heavy atom. The minimum atomic E-state index is -0.658. The maximum atomic E-state index is 9.79. The van der Waals surface area contributed by atoms with E-state index in [-0.39, 0.29) is 23.5 Å². The number of aliphatic hydroxyl groups is 2. The SMILES string of the molecule is CCCC1(C)C(O)OC1C(C)C(O)CC. The summed E-state index contributed by atoms with van der Waals surface area (Å²) >= 11 is 0. The summed E-state index contributed by atoms with van der Waals surface area (Å²) in [6.45, 7) is 8.12. The first-order chi connectivity index (χ1) is 6.97. The van der Waals surface area contributed by atoms with Gasteiger partial charge in [0, 0.05) is 11.3 Å². The van der Waals surface area contributed by atoms with Crippen LogP contribution in [0.1, 0.15) is 47.0 Å². The third-order valence-corrected chi connectivity index (χ3v) is 3.78. The molecule has 0 aromatic heterocycles. The van der Waals surface area contributed by atoms with Crippen LogP contribution in [0.3, 0.4) is 0 Å². The van der Waals surface area contributed by atoms with Gasteiger partial charge in [-0.25, -0.2) is 0 Å². The van der Waals surface area contributed by atoms with E-state index in [1.54, 1.807) is 0 Å². The average molecular weight is 216 g/mol. The minimum Gasteiger partial charge on any atom is -0.393 e. The molecule has 3 nitrogen and oxygen atoms in total. The van der Waals surface area contributed by atoms with E-state index in [1.165, 1.54) is 0 Å². The van der Waals surface area contributed by atoms with E-state index in [4.69, 9.17) is 4.74 Å². The molecule has 90 valence electrons. The zero-order valence-corrected chi connectivity index (χ0v) is 10.2. The van der Waals surface area contributed by atoms with Gasteiger partial charge in [0.1, 0.15) is 0 Å². The molecule has 0 aromatic carbocycles. The van der Waals surface area contributed by atoms with Crippen molar-refractivity contribution in [2.45, 2.75) is 65.5 Å². The lowest BCUT2D eigenvalue weighted by atomic mass is 9.69. The number of aliphatic hydroxyl groups excluding tert-OH is 2. The van der Waals surface area contributed by atoms with Crippen molar-refractivity contribution in [3.05, 3.63) is 0 Å². The Kier molecular flexibility index (Phi) is 4.15. The highest BCUT2D eigenvalue weighted by molar-refractivity contribution is 4.97. The van der Waals surface area contributed by atoms with Crippen molar-refractivity contribution in [3.63, 3.8) is 0 Å². The summed E-state index contributed by atoms with van der Waals surface area (Å²) in [5.41, 5.74) is -0.176. The molecule has 3 heteroatoms. The first kappa shape index (κ1) is 12.9. The molecule has 0 spiro atoms. The first-order valence-corrected chi connectivity index (χ1v) is 5.99. The topological polar surface area (TPSA) is 49.7 Å². The second kappa shape index (κ2) is 4.81. The summed E-state index contributed by atoms with van der Waals surface area (Å²) in [4.78, 5) is 0. The van der Waals surface area contributed by atoms with Crippen LogP contribution >= 0.6 is 0 Å². The Morgan fingerprint density at radius 2 is 2.00 bits per heavy atom. The second-order valence-electron chi connectivity index (χ2n) is 5.00. The Morgan fingerprint density at radius 3 is 2.40 bits per heavy atom. The van der Waals surface area contributed by atoms with Crippen molar-refractivity contribution in [2.24, 2.45) is 11.3 Å². The Bertz CT molecular complexity index is 207. The van der Waals surface area contributed by atoms with Crippen molar-refractivity contribution >= 4 is 0 Å². The Hall–Kier alpha value is -0.120. The zero-order chi connectivity index (χ0) is 11.6. The molecule has 0 saturated carbocycles. The highest BCUT2D eigenvalue weighted by Gasteiger charge is 2.54. The van der Waals surface area contributed by atoms with Crippen molar-refractivity contribution in [2.75, 3.05) is 0 Å². The second-order valence-corrected chi connectivity index (χ2v) is 5.00. The zero-order valence-electron chi connectivity index (χ0n) is 10.2. The number of hydrogen-bond donors (Lipinski definition) is 2. The molecule has 1 saturated heterocycles. The summed E-state index contributed by atoms with van der Waals surface area (Å²) in [7, 11) is 0. The van der Waals surface area contributed by atoms with Gasteiger partial charge in [0.25, 0.3) is 0 Å². The molecule has 2 N–H and O–H groups in total. The van der Waals surface area contributed by atoms with Crippen molar-refractivity contribution < 1.29 is 14.9 Å². The van der Waals surface area contributed by atoms with E-state index in [0.717, 1.165) is 19.3 Å². The molecule has 15 heavy (non-hydrogen) atoms. The third kappa shape index (κ3) is 2.19. The van der Waals surface area contributed by atoms with Gasteiger partial charge < -0.3 is 14.9 Å². The molecule has 0 aliphatic carbocycles. The average Bonchev–Trinajstić information content (AvgIpc) is 2.23. The van der Waals surface area contributed by atoms with Gasteiger partial charge in [0.15, 0.2) is 6.29 Å². The van der Waals surface area contributed by atoms with Gasteiger partial charge in [-0.1, -0.05) is 34.1 Å². The van der Waals surface area contributed by atoms with E-state index in [0.29, 0.717) is 0 Å². The fraction of sp³-hybridized carbons (Fsp3) is 1.00. The highest BCUT2D eigenvalue weighted by atomic mass is 16.6. The van der Waals surface area contributed by atoms with Crippen LogP contribution in [0.2, 0.25) is 0 Å². The van der Waals surface area contributed by atoms with Gasteiger partial charge in [-0.15, -0.1) is 0 Å². The molecular formula is C12H24O3. The fourth-order valence-corrected chi connectivity index (χ4v) is 2.62. The van der Waals surface area contributed by atoms with Gasteiger partial charge in [-0.2, -0.15) is 0 Å². The van der Waals surface area contributed by atoms with Crippen molar-refractivity contribution in [1.82, 2.24) is 0 Å². The first-order valence-electron chi connectivity index (χ1n) is 5.99. The molecule has 1 rings (SSSR count). The lowest BCUT2D eigenvalue weighted by Crippen LogP contribution is -2.61. The van der Waals surface area contributed by atoms with Crippen LogP contribution in [0, 0.1) is 11.3 Å². The summed E-state index contributed by atoms with van der Waals surface area (Å²) in [6, 6.07) is 0. The minimum absolute atomic E-state index is 0.0117. The monoisotopic (exact) mass is 216 g/mol. The number of rotatable bonds is 5. The Labute approximate surface area is 92.4 Å². The molecule has 1 fully saturated rings. The van der Waals surface area contributed by atoms with Crippen LogP contribution < -0.4 is 0 Å². The predicted octanol–water partition coefficient (Wildman–Crippen LogP) is 1.92. The van der Waals surface area contributed by atoms with Gasteiger partial charge in [0.05, 0.1) is 12.2 Å². The lowest BCUT2D eigenvalue weighted by molar-refractivity contribution is -0.349. The van der Waals surface area contributed by atoms with E-state index < -0.39 is 6.29 Å². The van der Waals surface area contributed by atoms with Crippen LogP contribution in [0.4, 0.5) is 0 Å². The Balaban J connectivity index is 2.63. The maximum Gasteiger partial charge on any atom is 0.162 e. The summed E-state index contributed by atoms with van der Waals surface area (Å²) in [5.74, 6) is 0.0925. The normalized spacial score (nSPS) is 39.6. The summed E-state index contributed by atoms with van der Waals surface area (Å²) in [6.07, 6.45) is 1.71. The molecule has 5 atom stereocenters. The highest BCUT2D eigenvalue weighted by Crippen LogP contribution is 2.47. The molecule has 1 aliphatic rings. The summed E-state index contributed by atoms with van der Waals surface area (Å²) in [5, 5.41) is 19.5. The number of ether oxygens (including phenoxy) is 1. The third-order valence-electron chi connectivity index (χ3n) is 3.78. The molecule has 5 unspecified atom stereocenters.